The predicted octanol–water partition coefficient (Wildman–Crippen LogP) is 1.55. The van der Waals surface area contributed by atoms with Crippen molar-refractivity contribution in [1.29, 1.82) is 0 Å². The van der Waals surface area contributed by atoms with Crippen molar-refractivity contribution in [1.82, 2.24) is 19.8 Å². The maximum absolute atomic E-state index is 5.85. The summed E-state index contributed by atoms with van der Waals surface area (Å²) in [5.41, 5.74) is 8.85. The number of nitrogens with two attached hydrogens (primary N) is 1. The highest BCUT2D eigenvalue weighted by molar-refractivity contribution is 5.70. The summed E-state index contributed by atoms with van der Waals surface area (Å²) in [7, 11) is 2.08. The molecule has 9 nitrogen and oxygen atoms in total. The Bertz CT molecular complexity index is 1060. The molecule has 2 fully saturated rings. The molecule has 2 saturated heterocycles. The van der Waals surface area contributed by atoms with Crippen molar-refractivity contribution < 1.29 is 4.74 Å². The summed E-state index contributed by atoms with van der Waals surface area (Å²) in [5, 5.41) is 3.16. The van der Waals surface area contributed by atoms with Crippen molar-refractivity contribution in [2.75, 3.05) is 68.0 Å². The summed E-state index contributed by atoms with van der Waals surface area (Å²) in [4.78, 5) is 19.5. The number of fused-ring (bicyclic) bond motifs is 2. The zero-order valence-electron chi connectivity index (χ0n) is 19.3. The van der Waals surface area contributed by atoms with E-state index in [0.717, 1.165) is 54.0 Å². The van der Waals surface area contributed by atoms with Crippen LogP contribution in [0.2, 0.25) is 0 Å². The van der Waals surface area contributed by atoms with Gasteiger partial charge in [-0.15, -0.1) is 0 Å². The minimum absolute atomic E-state index is 0.0741. The first-order chi connectivity index (χ1) is 16.1. The van der Waals surface area contributed by atoms with E-state index in [1.165, 1.54) is 26.2 Å². The molecule has 0 aliphatic carbocycles. The first kappa shape index (κ1) is 20.7. The number of ether oxygens (including phenoxy) is 1. The van der Waals surface area contributed by atoms with Crippen molar-refractivity contribution in [2.45, 2.75) is 25.4 Å². The average Bonchev–Trinajstić information content (AvgIpc) is 3.18. The molecular formula is C24H32N8O. The van der Waals surface area contributed by atoms with Gasteiger partial charge in [0.05, 0.1) is 17.9 Å². The van der Waals surface area contributed by atoms with Crippen molar-refractivity contribution in [3.05, 3.63) is 41.7 Å². The highest BCUT2D eigenvalue weighted by Crippen LogP contribution is 2.38. The fourth-order valence-electron chi connectivity index (χ4n) is 5.27. The van der Waals surface area contributed by atoms with Gasteiger partial charge in [0.15, 0.2) is 5.82 Å². The number of benzene rings is 1. The van der Waals surface area contributed by atoms with Crippen LogP contribution in [0.3, 0.4) is 0 Å². The van der Waals surface area contributed by atoms with E-state index in [-0.39, 0.29) is 6.04 Å². The van der Waals surface area contributed by atoms with E-state index in [0.29, 0.717) is 6.04 Å². The normalized spacial score (nSPS) is 25.3. The maximum atomic E-state index is 5.85. The Morgan fingerprint density at radius 1 is 1.18 bits per heavy atom. The summed E-state index contributed by atoms with van der Waals surface area (Å²) in [5.74, 6) is 2.68. The van der Waals surface area contributed by atoms with Crippen LogP contribution >= 0.6 is 0 Å². The van der Waals surface area contributed by atoms with E-state index in [9.17, 15) is 0 Å². The SMILES string of the molecule is CCN1CCN(C2CN(c3cnc4c(n3)N(C)C(c3ccc5c(c3)NC(N)O5)C=C4)C2)CC1. The molecule has 3 N–H and O–H groups in total. The van der Waals surface area contributed by atoms with Crippen LogP contribution in [0.1, 0.15) is 24.2 Å². The standard InChI is InChI=1S/C24H32N8O/c1-3-30-8-10-31(11-9-30)17-14-32(15-17)22-13-26-18-5-6-20(29(2)23(18)28-22)16-4-7-21-19(12-16)27-24(25)33-21/h4-7,12-13,17,20,24,27H,3,8-11,14-15,25H2,1-2H3. The molecule has 1 aromatic carbocycles. The molecule has 174 valence electrons. The van der Waals surface area contributed by atoms with Gasteiger partial charge in [-0.05, 0) is 30.3 Å². The number of piperazine rings is 1. The molecule has 0 saturated carbocycles. The zero-order valence-corrected chi connectivity index (χ0v) is 19.3. The lowest BCUT2D eigenvalue weighted by Crippen LogP contribution is -2.63. The second-order valence-corrected chi connectivity index (χ2v) is 9.32. The van der Waals surface area contributed by atoms with Gasteiger partial charge in [-0.1, -0.05) is 19.1 Å². The van der Waals surface area contributed by atoms with Gasteiger partial charge < -0.3 is 24.8 Å². The number of hydrogen-bond donors (Lipinski definition) is 2. The highest BCUT2D eigenvalue weighted by Gasteiger charge is 2.35. The first-order valence-corrected chi connectivity index (χ1v) is 11.9. The van der Waals surface area contributed by atoms with Gasteiger partial charge in [0, 0.05) is 52.4 Å². The minimum atomic E-state index is -0.486. The summed E-state index contributed by atoms with van der Waals surface area (Å²) >= 11 is 0. The third kappa shape index (κ3) is 3.70. The fraction of sp³-hybridized carbons (Fsp3) is 0.500. The average molecular weight is 449 g/mol. The molecule has 1 aromatic heterocycles. The molecule has 2 unspecified atom stereocenters. The monoisotopic (exact) mass is 448 g/mol. The van der Waals surface area contributed by atoms with Gasteiger partial charge >= 0.3 is 0 Å². The van der Waals surface area contributed by atoms with E-state index in [1.54, 1.807) is 0 Å². The Balaban J connectivity index is 1.15. The van der Waals surface area contributed by atoms with Gasteiger partial charge in [-0.25, -0.2) is 9.97 Å². The van der Waals surface area contributed by atoms with Gasteiger partial charge in [-0.2, -0.15) is 0 Å². The van der Waals surface area contributed by atoms with Crippen LogP contribution in [-0.2, 0) is 0 Å². The topological polar surface area (TPSA) is 86.0 Å². The lowest BCUT2D eigenvalue weighted by Gasteiger charge is -2.48. The van der Waals surface area contributed by atoms with E-state index < -0.39 is 6.35 Å². The first-order valence-electron chi connectivity index (χ1n) is 11.9. The van der Waals surface area contributed by atoms with Crippen LogP contribution in [0.5, 0.6) is 5.75 Å². The zero-order chi connectivity index (χ0) is 22.5. The number of likely N-dealkylation sites (N-methyl/N-ethyl adjacent to an activating group) is 2. The highest BCUT2D eigenvalue weighted by atomic mass is 16.5. The van der Waals surface area contributed by atoms with E-state index in [1.807, 2.05) is 12.3 Å². The van der Waals surface area contributed by atoms with Crippen molar-refractivity contribution >= 4 is 23.4 Å². The van der Waals surface area contributed by atoms with Crippen molar-refractivity contribution in [3.8, 4) is 5.75 Å². The largest absolute Gasteiger partial charge is 0.456 e. The van der Waals surface area contributed by atoms with Crippen molar-refractivity contribution in [2.24, 2.45) is 5.73 Å². The van der Waals surface area contributed by atoms with Crippen LogP contribution in [-0.4, -0.2) is 85.0 Å². The molecule has 0 amide bonds. The summed E-state index contributed by atoms with van der Waals surface area (Å²) in [6, 6.07) is 6.87. The number of nitrogens with one attached hydrogen (secondary N) is 1. The Morgan fingerprint density at radius 2 is 2.00 bits per heavy atom. The molecule has 9 heteroatoms. The van der Waals surface area contributed by atoms with Crippen LogP contribution < -0.4 is 25.6 Å². The van der Waals surface area contributed by atoms with Gasteiger partial charge in [-0.3, -0.25) is 10.6 Å². The molecule has 5 heterocycles. The van der Waals surface area contributed by atoms with Crippen LogP contribution in [0, 0.1) is 0 Å². The molecule has 0 radical (unpaired) electrons. The molecule has 6 rings (SSSR count). The Labute approximate surface area is 194 Å². The number of aromatic nitrogens is 2. The predicted molar refractivity (Wildman–Crippen MR) is 131 cm³/mol. The van der Waals surface area contributed by atoms with Gasteiger partial charge in [0.25, 0.3) is 0 Å². The van der Waals surface area contributed by atoms with Gasteiger partial charge in [0.1, 0.15) is 17.3 Å². The third-order valence-corrected chi connectivity index (χ3v) is 7.41. The number of nitrogens with zero attached hydrogens (tertiary/aromatic N) is 6. The maximum Gasteiger partial charge on any atom is 0.225 e. The smallest absolute Gasteiger partial charge is 0.225 e. The lowest BCUT2D eigenvalue weighted by molar-refractivity contribution is 0.0859. The van der Waals surface area contributed by atoms with E-state index in [2.05, 4.69) is 63.2 Å². The second kappa shape index (κ2) is 8.16. The Kier molecular flexibility index (Phi) is 5.12. The van der Waals surface area contributed by atoms with E-state index in [4.69, 9.17) is 20.4 Å². The van der Waals surface area contributed by atoms with Gasteiger partial charge in [0.2, 0.25) is 6.35 Å². The second-order valence-electron chi connectivity index (χ2n) is 9.32. The molecular weight excluding hydrogens is 416 g/mol. The van der Waals surface area contributed by atoms with E-state index >= 15 is 0 Å². The molecule has 33 heavy (non-hydrogen) atoms. The molecule has 0 spiro atoms. The molecule has 4 aliphatic heterocycles. The number of anilines is 3. The summed E-state index contributed by atoms with van der Waals surface area (Å²) in [6.45, 7) is 10.2. The van der Waals surface area contributed by atoms with Crippen molar-refractivity contribution in [3.63, 3.8) is 0 Å². The molecule has 4 aliphatic rings. The lowest BCUT2D eigenvalue weighted by atomic mass is 10.0. The Hall–Kier alpha value is -2.88. The fourth-order valence-corrected chi connectivity index (χ4v) is 5.27. The summed E-state index contributed by atoms with van der Waals surface area (Å²) in [6.07, 6.45) is 5.68. The number of hydrogen-bond acceptors (Lipinski definition) is 9. The summed E-state index contributed by atoms with van der Waals surface area (Å²) < 4.78 is 5.56. The van der Waals surface area contributed by atoms with Crippen LogP contribution in [0.4, 0.5) is 17.3 Å². The Morgan fingerprint density at radius 3 is 2.79 bits per heavy atom. The van der Waals surface area contributed by atoms with Crippen LogP contribution in [0.15, 0.2) is 30.5 Å². The molecule has 0 bridgehead atoms. The minimum Gasteiger partial charge on any atom is -0.456 e. The third-order valence-electron chi connectivity index (χ3n) is 7.41. The van der Waals surface area contributed by atoms with Crippen LogP contribution in [0.25, 0.3) is 6.08 Å². The molecule has 2 atom stereocenters. The molecule has 2 aromatic rings. The number of rotatable bonds is 4. The quantitative estimate of drug-likeness (QED) is 0.724.